The standard InChI is InChI=1S/C10H8N4/c11-3-10(12)9-6-14-4-7-1-2-13-5-8(7)9/h1-2,4-6,10H,12H2. The average Bonchev–Trinajstić information content (AvgIpc) is 2.27. The number of nitrogens with two attached hydrogens (primary N) is 1. The molecule has 2 rings (SSSR count). The van der Waals surface area contributed by atoms with Crippen LogP contribution in [-0.2, 0) is 0 Å². The lowest BCUT2D eigenvalue weighted by Gasteiger charge is -2.05. The highest BCUT2D eigenvalue weighted by molar-refractivity contribution is 5.84. The highest BCUT2D eigenvalue weighted by Crippen LogP contribution is 2.19. The molecule has 0 fully saturated rings. The van der Waals surface area contributed by atoms with Crippen molar-refractivity contribution in [2.75, 3.05) is 0 Å². The lowest BCUT2D eigenvalue weighted by molar-refractivity contribution is 0.926. The van der Waals surface area contributed by atoms with Crippen LogP contribution >= 0.6 is 0 Å². The van der Waals surface area contributed by atoms with E-state index in [2.05, 4.69) is 9.97 Å². The van der Waals surface area contributed by atoms with Crippen LogP contribution in [-0.4, -0.2) is 9.97 Å². The first-order chi connectivity index (χ1) is 6.83. The highest BCUT2D eigenvalue weighted by atomic mass is 14.7. The quantitative estimate of drug-likeness (QED) is 0.721. The van der Waals surface area contributed by atoms with Crippen LogP contribution < -0.4 is 5.73 Å². The van der Waals surface area contributed by atoms with Crippen molar-refractivity contribution in [2.24, 2.45) is 5.73 Å². The fourth-order valence-corrected chi connectivity index (χ4v) is 1.34. The number of hydrogen-bond acceptors (Lipinski definition) is 4. The summed E-state index contributed by atoms with van der Waals surface area (Å²) in [4.78, 5) is 8.02. The first-order valence-corrected chi connectivity index (χ1v) is 4.16. The number of pyridine rings is 2. The van der Waals surface area contributed by atoms with E-state index >= 15 is 0 Å². The Bertz CT molecular complexity index is 495. The van der Waals surface area contributed by atoms with Gasteiger partial charge in [0.05, 0.1) is 6.07 Å². The van der Waals surface area contributed by atoms with Crippen molar-refractivity contribution in [3.05, 3.63) is 36.4 Å². The van der Waals surface area contributed by atoms with E-state index < -0.39 is 6.04 Å². The van der Waals surface area contributed by atoms with Crippen molar-refractivity contribution in [1.82, 2.24) is 9.97 Å². The van der Waals surface area contributed by atoms with Gasteiger partial charge in [-0.05, 0) is 6.07 Å². The Kier molecular flexibility index (Phi) is 2.09. The summed E-state index contributed by atoms with van der Waals surface area (Å²) in [6, 6.07) is 3.18. The summed E-state index contributed by atoms with van der Waals surface area (Å²) in [5.74, 6) is 0. The van der Waals surface area contributed by atoms with E-state index in [1.54, 1.807) is 24.8 Å². The molecule has 0 aromatic carbocycles. The number of aromatic nitrogens is 2. The van der Waals surface area contributed by atoms with Crippen molar-refractivity contribution in [3.8, 4) is 6.07 Å². The van der Waals surface area contributed by atoms with E-state index in [0.717, 1.165) is 16.3 Å². The molecule has 0 radical (unpaired) electrons. The Balaban J connectivity index is 2.72. The zero-order chi connectivity index (χ0) is 9.97. The SMILES string of the molecule is N#CC(N)c1cncc2ccncc12. The summed E-state index contributed by atoms with van der Waals surface area (Å²) < 4.78 is 0. The van der Waals surface area contributed by atoms with E-state index in [4.69, 9.17) is 11.0 Å². The molecule has 0 amide bonds. The molecule has 0 saturated carbocycles. The van der Waals surface area contributed by atoms with Gasteiger partial charge >= 0.3 is 0 Å². The molecule has 0 aliphatic carbocycles. The van der Waals surface area contributed by atoms with Crippen LogP contribution in [0.25, 0.3) is 10.8 Å². The summed E-state index contributed by atoms with van der Waals surface area (Å²) in [5, 5.41) is 10.6. The van der Waals surface area contributed by atoms with Gasteiger partial charge in [-0.15, -0.1) is 0 Å². The van der Waals surface area contributed by atoms with Gasteiger partial charge in [0, 0.05) is 41.1 Å². The van der Waals surface area contributed by atoms with Crippen LogP contribution in [0.3, 0.4) is 0 Å². The maximum atomic E-state index is 8.72. The minimum absolute atomic E-state index is 0.643. The van der Waals surface area contributed by atoms with Crippen LogP contribution in [0.2, 0.25) is 0 Å². The molecule has 1 unspecified atom stereocenters. The second-order valence-corrected chi connectivity index (χ2v) is 2.93. The van der Waals surface area contributed by atoms with Gasteiger partial charge in [-0.2, -0.15) is 5.26 Å². The summed E-state index contributed by atoms with van der Waals surface area (Å²) in [5.41, 5.74) is 6.35. The van der Waals surface area contributed by atoms with E-state index in [1.807, 2.05) is 12.1 Å². The molecule has 0 bridgehead atoms. The van der Waals surface area contributed by atoms with Crippen LogP contribution in [0.5, 0.6) is 0 Å². The highest BCUT2D eigenvalue weighted by Gasteiger charge is 2.08. The third-order valence-corrected chi connectivity index (χ3v) is 2.07. The lowest BCUT2D eigenvalue weighted by Crippen LogP contribution is -2.08. The van der Waals surface area contributed by atoms with Crippen LogP contribution in [0, 0.1) is 11.3 Å². The lowest BCUT2D eigenvalue weighted by atomic mass is 10.1. The Morgan fingerprint density at radius 2 is 2.14 bits per heavy atom. The molecule has 1 atom stereocenters. The topological polar surface area (TPSA) is 75.6 Å². The minimum Gasteiger partial charge on any atom is -0.312 e. The third kappa shape index (κ3) is 1.30. The fourth-order valence-electron chi connectivity index (χ4n) is 1.34. The van der Waals surface area contributed by atoms with Gasteiger partial charge in [0.1, 0.15) is 6.04 Å². The zero-order valence-electron chi connectivity index (χ0n) is 7.38. The number of rotatable bonds is 1. The molecular formula is C10H8N4. The maximum Gasteiger partial charge on any atom is 0.121 e. The number of nitrogens with zero attached hydrogens (tertiary/aromatic N) is 3. The second-order valence-electron chi connectivity index (χ2n) is 2.93. The Hall–Kier alpha value is -1.99. The van der Waals surface area contributed by atoms with E-state index in [9.17, 15) is 0 Å². The molecule has 2 aromatic heterocycles. The number of nitriles is 1. The Morgan fingerprint density at radius 3 is 2.93 bits per heavy atom. The van der Waals surface area contributed by atoms with Crippen LogP contribution in [0.4, 0.5) is 0 Å². The summed E-state index contributed by atoms with van der Waals surface area (Å²) in [6.45, 7) is 0. The van der Waals surface area contributed by atoms with Crippen molar-refractivity contribution in [2.45, 2.75) is 6.04 Å². The minimum atomic E-state index is -0.643. The second kappa shape index (κ2) is 3.40. The largest absolute Gasteiger partial charge is 0.312 e. The molecule has 0 spiro atoms. The van der Waals surface area contributed by atoms with Gasteiger partial charge in [-0.3, -0.25) is 9.97 Å². The predicted octanol–water partition coefficient (Wildman–Crippen LogP) is 1.15. The molecule has 2 aromatic rings. The summed E-state index contributed by atoms with van der Waals surface area (Å²) in [7, 11) is 0. The normalized spacial score (nSPS) is 12.3. The number of fused-ring (bicyclic) bond motifs is 1. The monoisotopic (exact) mass is 184 g/mol. The van der Waals surface area contributed by atoms with Crippen LogP contribution in [0.1, 0.15) is 11.6 Å². The van der Waals surface area contributed by atoms with Gasteiger partial charge in [0.15, 0.2) is 0 Å². The van der Waals surface area contributed by atoms with Gasteiger partial charge in [-0.25, -0.2) is 0 Å². The van der Waals surface area contributed by atoms with E-state index in [0.29, 0.717) is 0 Å². The van der Waals surface area contributed by atoms with Gasteiger partial charge in [0.25, 0.3) is 0 Å². The smallest absolute Gasteiger partial charge is 0.121 e. The molecule has 4 heteroatoms. The molecule has 14 heavy (non-hydrogen) atoms. The molecule has 2 N–H and O–H groups in total. The molecule has 68 valence electrons. The van der Waals surface area contributed by atoms with E-state index in [1.165, 1.54) is 0 Å². The molecule has 0 aliphatic rings. The molecule has 0 aliphatic heterocycles. The fraction of sp³-hybridized carbons (Fsp3) is 0.100. The molecule has 4 nitrogen and oxygen atoms in total. The van der Waals surface area contributed by atoms with Crippen molar-refractivity contribution < 1.29 is 0 Å². The van der Waals surface area contributed by atoms with Gasteiger partial charge < -0.3 is 5.73 Å². The maximum absolute atomic E-state index is 8.72. The Morgan fingerprint density at radius 1 is 1.29 bits per heavy atom. The van der Waals surface area contributed by atoms with Crippen molar-refractivity contribution in [3.63, 3.8) is 0 Å². The van der Waals surface area contributed by atoms with Crippen molar-refractivity contribution >= 4 is 10.8 Å². The van der Waals surface area contributed by atoms with Crippen molar-refractivity contribution in [1.29, 1.82) is 5.26 Å². The van der Waals surface area contributed by atoms with E-state index in [-0.39, 0.29) is 0 Å². The third-order valence-electron chi connectivity index (χ3n) is 2.07. The summed E-state index contributed by atoms with van der Waals surface area (Å²) in [6.07, 6.45) is 6.72. The first-order valence-electron chi connectivity index (χ1n) is 4.16. The van der Waals surface area contributed by atoms with Gasteiger partial charge in [0.2, 0.25) is 0 Å². The van der Waals surface area contributed by atoms with Gasteiger partial charge in [-0.1, -0.05) is 0 Å². The van der Waals surface area contributed by atoms with Crippen LogP contribution in [0.15, 0.2) is 30.9 Å². The molecule has 2 heterocycles. The summed E-state index contributed by atoms with van der Waals surface area (Å²) >= 11 is 0. The molecule has 0 saturated heterocycles. The molecular weight excluding hydrogens is 176 g/mol. The zero-order valence-corrected chi connectivity index (χ0v) is 7.38. The Labute approximate surface area is 81.0 Å². The predicted molar refractivity (Wildman–Crippen MR) is 52.1 cm³/mol. The first kappa shape index (κ1) is 8.60. The number of hydrogen-bond donors (Lipinski definition) is 1. The average molecular weight is 184 g/mol.